The van der Waals surface area contributed by atoms with Crippen LogP contribution in [0.5, 0.6) is 0 Å². The van der Waals surface area contributed by atoms with E-state index < -0.39 is 0 Å². The summed E-state index contributed by atoms with van der Waals surface area (Å²) < 4.78 is 20.0. The standard InChI is InChI=1S/C17H26BrFN4O/c1-2-20-17(21-6-3-7-23-8-10-24-11-9-23)22-13-14-12-15(18)4-5-16(14)19/h4-5,12H,2-3,6-11,13H2,1H3,(H2,20,21,22). The number of ether oxygens (including phenoxy) is 1. The van der Waals surface area contributed by atoms with Crippen molar-refractivity contribution < 1.29 is 9.13 Å². The number of hydrogen-bond acceptors (Lipinski definition) is 3. The molecule has 1 aliphatic heterocycles. The molecule has 0 spiro atoms. The lowest BCUT2D eigenvalue weighted by molar-refractivity contribution is 0.0376. The molecule has 1 aromatic carbocycles. The Morgan fingerprint density at radius 3 is 2.88 bits per heavy atom. The predicted octanol–water partition coefficient (Wildman–Crippen LogP) is 2.37. The highest BCUT2D eigenvalue weighted by Crippen LogP contribution is 2.16. The van der Waals surface area contributed by atoms with E-state index in [0.29, 0.717) is 12.1 Å². The van der Waals surface area contributed by atoms with Crippen LogP contribution in [-0.2, 0) is 11.3 Å². The second-order valence-electron chi connectivity index (χ2n) is 5.67. The van der Waals surface area contributed by atoms with Crippen LogP contribution in [-0.4, -0.2) is 56.8 Å². The molecule has 0 saturated carbocycles. The molecule has 0 radical (unpaired) electrons. The van der Waals surface area contributed by atoms with Crippen molar-refractivity contribution in [2.24, 2.45) is 4.99 Å². The molecule has 0 atom stereocenters. The third-order valence-electron chi connectivity index (χ3n) is 3.81. The summed E-state index contributed by atoms with van der Waals surface area (Å²) in [5.74, 6) is 0.490. The monoisotopic (exact) mass is 400 g/mol. The van der Waals surface area contributed by atoms with Crippen molar-refractivity contribution in [3.8, 4) is 0 Å². The van der Waals surface area contributed by atoms with Gasteiger partial charge in [-0.15, -0.1) is 0 Å². The molecule has 1 aliphatic rings. The van der Waals surface area contributed by atoms with E-state index in [2.05, 4.69) is 36.5 Å². The fraction of sp³-hybridized carbons (Fsp3) is 0.588. The molecule has 134 valence electrons. The van der Waals surface area contributed by atoms with Crippen molar-refractivity contribution in [2.45, 2.75) is 19.9 Å². The molecule has 1 aromatic rings. The second kappa shape index (κ2) is 10.6. The Labute approximate surface area is 151 Å². The highest BCUT2D eigenvalue weighted by Gasteiger charge is 2.09. The normalized spacial score (nSPS) is 16.2. The van der Waals surface area contributed by atoms with Crippen molar-refractivity contribution in [3.63, 3.8) is 0 Å². The van der Waals surface area contributed by atoms with Gasteiger partial charge in [0.2, 0.25) is 0 Å². The summed E-state index contributed by atoms with van der Waals surface area (Å²) in [6.07, 6.45) is 1.04. The van der Waals surface area contributed by atoms with Crippen molar-refractivity contribution in [1.82, 2.24) is 15.5 Å². The lowest BCUT2D eigenvalue weighted by Gasteiger charge is -2.26. The molecule has 2 N–H and O–H groups in total. The predicted molar refractivity (Wildman–Crippen MR) is 98.8 cm³/mol. The Hall–Kier alpha value is -1.18. The molecule has 0 amide bonds. The molecular formula is C17H26BrFN4O. The molecule has 0 aromatic heterocycles. The van der Waals surface area contributed by atoms with Crippen LogP contribution < -0.4 is 10.6 Å². The Morgan fingerprint density at radius 1 is 1.33 bits per heavy atom. The number of halogens is 2. The minimum atomic E-state index is -0.231. The maximum atomic E-state index is 13.8. The molecule has 0 aliphatic carbocycles. The van der Waals surface area contributed by atoms with Gasteiger partial charge in [0.1, 0.15) is 5.82 Å². The van der Waals surface area contributed by atoms with Crippen LogP contribution in [0.3, 0.4) is 0 Å². The molecule has 24 heavy (non-hydrogen) atoms. The van der Waals surface area contributed by atoms with Crippen molar-refractivity contribution in [3.05, 3.63) is 34.1 Å². The maximum Gasteiger partial charge on any atom is 0.191 e. The van der Waals surface area contributed by atoms with Crippen LogP contribution >= 0.6 is 15.9 Å². The first-order chi connectivity index (χ1) is 11.7. The largest absolute Gasteiger partial charge is 0.379 e. The summed E-state index contributed by atoms with van der Waals surface area (Å²) in [5.41, 5.74) is 0.579. The van der Waals surface area contributed by atoms with Gasteiger partial charge in [-0.1, -0.05) is 15.9 Å². The molecule has 1 saturated heterocycles. The average molecular weight is 401 g/mol. The lowest BCUT2D eigenvalue weighted by atomic mass is 10.2. The smallest absolute Gasteiger partial charge is 0.191 e. The highest BCUT2D eigenvalue weighted by molar-refractivity contribution is 9.10. The molecular weight excluding hydrogens is 375 g/mol. The number of nitrogens with zero attached hydrogens (tertiary/aromatic N) is 2. The molecule has 2 rings (SSSR count). The minimum Gasteiger partial charge on any atom is -0.379 e. The summed E-state index contributed by atoms with van der Waals surface area (Å²) in [4.78, 5) is 6.88. The van der Waals surface area contributed by atoms with Crippen LogP contribution in [0.4, 0.5) is 4.39 Å². The van der Waals surface area contributed by atoms with Crippen molar-refractivity contribution in [2.75, 3.05) is 45.9 Å². The Balaban J connectivity index is 1.78. The van der Waals surface area contributed by atoms with E-state index in [1.807, 2.05) is 6.92 Å². The van der Waals surface area contributed by atoms with Gasteiger partial charge in [0, 0.05) is 36.2 Å². The summed E-state index contributed by atoms with van der Waals surface area (Å²) in [7, 11) is 0. The van der Waals surface area contributed by atoms with Gasteiger partial charge in [-0.25, -0.2) is 9.38 Å². The van der Waals surface area contributed by atoms with Crippen LogP contribution in [0.15, 0.2) is 27.7 Å². The average Bonchev–Trinajstić information content (AvgIpc) is 2.60. The van der Waals surface area contributed by atoms with E-state index >= 15 is 0 Å². The van der Waals surface area contributed by atoms with Gasteiger partial charge in [-0.2, -0.15) is 0 Å². The zero-order valence-electron chi connectivity index (χ0n) is 14.2. The van der Waals surface area contributed by atoms with E-state index in [9.17, 15) is 4.39 Å². The maximum absolute atomic E-state index is 13.8. The van der Waals surface area contributed by atoms with E-state index in [-0.39, 0.29) is 5.82 Å². The number of hydrogen-bond donors (Lipinski definition) is 2. The zero-order valence-corrected chi connectivity index (χ0v) is 15.7. The van der Waals surface area contributed by atoms with E-state index in [4.69, 9.17) is 4.74 Å². The Kier molecular flexibility index (Phi) is 8.49. The van der Waals surface area contributed by atoms with Crippen LogP contribution in [0.25, 0.3) is 0 Å². The van der Waals surface area contributed by atoms with Gasteiger partial charge < -0.3 is 15.4 Å². The fourth-order valence-electron chi connectivity index (χ4n) is 2.50. The van der Waals surface area contributed by atoms with E-state index in [1.165, 1.54) is 6.07 Å². The molecule has 1 heterocycles. The zero-order chi connectivity index (χ0) is 17.2. The lowest BCUT2D eigenvalue weighted by Crippen LogP contribution is -2.40. The number of nitrogens with one attached hydrogen (secondary N) is 2. The number of benzene rings is 1. The van der Waals surface area contributed by atoms with Crippen LogP contribution in [0, 0.1) is 5.82 Å². The van der Waals surface area contributed by atoms with Gasteiger partial charge in [-0.05, 0) is 38.1 Å². The first-order valence-electron chi connectivity index (χ1n) is 8.45. The molecule has 7 heteroatoms. The van der Waals surface area contributed by atoms with Gasteiger partial charge in [0.15, 0.2) is 5.96 Å². The summed E-state index contributed by atoms with van der Waals surface area (Å²) >= 11 is 3.36. The molecule has 0 unspecified atom stereocenters. The Bertz CT molecular complexity index is 535. The number of aliphatic imine (C=N–C) groups is 1. The van der Waals surface area contributed by atoms with Crippen molar-refractivity contribution >= 4 is 21.9 Å². The first kappa shape index (κ1) is 19.1. The van der Waals surface area contributed by atoms with Gasteiger partial charge in [-0.3, -0.25) is 4.90 Å². The van der Waals surface area contributed by atoms with Crippen LogP contribution in [0.1, 0.15) is 18.9 Å². The molecule has 5 nitrogen and oxygen atoms in total. The molecule has 0 bridgehead atoms. The van der Waals surface area contributed by atoms with Crippen LogP contribution in [0.2, 0.25) is 0 Å². The third-order valence-corrected chi connectivity index (χ3v) is 4.30. The SMILES string of the molecule is CCNC(=NCc1cc(Br)ccc1F)NCCCN1CCOCC1. The number of rotatable bonds is 7. The van der Waals surface area contributed by atoms with Gasteiger partial charge in [0.05, 0.1) is 19.8 Å². The van der Waals surface area contributed by atoms with E-state index in [1.54, 1.807) is 12.1 Å². The van der Waals surface area contributed by atoms with Gasteiger partial charge >= 0.3 is 0 Å². The summed E-state index contributed by atoms with van der Waals surface area (Å²) in [5, 5.41) is 6.51. The fourth-order valence-corrected chi connectivity index (χ4v) is 2.91. The Morgan fingerprint density at radius 2 is 2.12 bits per heavy atom. The summed E-state index contributed by atoms with van der Waals surface area (Å²) in [6.45, 7) is 8.67. The highest BCUT2D eigenvalue weighted by atomic mass is 79.9. The minimum absolute atomic E-state index is 0.231. The number of morpholine rings is 1. The van der Waals surface area contributed by atoms with E-state index in [0.717, 1.165) is 62.8 Å². The van der Waals surface area contributed by atoms with Crippen molar-refractivity contribution in [1.29, 1.82) is 0 Å². The second-order valence-corrected chi connectivity index (χ2v) is 6.58. The quantitative estimate of drug-likeness (QED) is 0.419. The molecule has 1 fully saturated rings. The third kappa shape index (κ3) is 6.75. The topological polar surface area (TPSA) is 48.9 Å². The van der Waals surface area contributed by atoms with Gasteiger partial charge in [0.25, 0.3) is 0 Å². The first-order valence-corrected chi connectivity index (χ1v) is 9.24. The number of guanidine groups is 1. The summed E-state index contributed by atoms with van der Waals surface area (Å²) in [6, 6.07) is 4.91.